The van der Waals surface area contributed by atoms with Gasteiger partial charge in [0.25, 0.3) is 0 Å². The molecule has 1 fully saturated rings. The normalized spacial score (nSPS) is 16.2. The number of rotatable bonds is 5. The maximum absolute atomic E-state index is 12.7. The van der Waals surface area contributed by atoms with Gasteiger partial charge in [0.1, 0.15) is 0 Å². The standard InChI is InChI=1S/C21H20N4O4/c1-2-29-21(28)13-7-9-15(10-8-13)22-20(27)14-11-18(26)25(12-14)19-16-5-3-4-6-17(16)23-24-19/h3-10,14H,2,11-12H2,1H3,(H,22,27)(H,23,24)/t14-/m1/s1. The largest absolute Gasteiger partial charge is 0.462 e. The van der Waals surface area contributed by atoms with Gasteiger partial charge in [0, 0.05) is 24.0 Å². The van der Waals surface area contributed by atoms with Crippen LogP contribution in [0.3, 0.4) is 0 Å². The molecule has 0 bridgehead atoms. The number of carbonyl (C=O) groups is 3. The first kappa shape index (κ1) is 18.7. The van der Waals surface area contributed by atoms with Crippen molar-refractivity contribution in [2.75, 3.05) is 23.4 Å². The lowest BCUT2D eigenvalue weighted by Gasteiger charge is -2.14. The Labute approximate surface area is 166 Å². The number of nitrogens with one attached hydrogen (secondary N) is 2. The minimum Gasteiger partial charge on any atom is -0.462 e. The maximum atomic E-state index is 12.7. The number of fused-ring (bicyclic) bond motifs is 1. The van der Waals surface area contributed by atoms with Crippen molar-refractivity contribution in [2.45, 2.75) is 13.3 Å². The number of benzene rings is 2. The molecule has 0 spiro atoms. The Hall–Kier alpha value is -3.68. The van der Waals surface area contributed by atoms with Crippen molar-refractivity contribution in [3.63, 3.8) is 0 Å². The van der Waals surface area contributed by atoms with Crippen molar-refractivity contribution in [3.8, 4) is 0 Å². The molecule has 0 unspecified atom stereocenters. The predicted molar refractivity (Wildman–Crippen MR) is 108 cm³/mol. The van der Waals surface area contributed by atoms with Crippen LogP contribution in [0.15, 0.2) is 48.5 Å². The van der Waals surface area contributed by atoms with E-state index in [1.165, 1.54) is 0 Å². The van der Waals surface area contributed by atoms with Crippen LogP contribution in [0, 0.1) is 5.92 Å². The van der Waals surface area contributed by atoms with E-state index in [1.54, 1.807) is 36.1 Å². The van der Waals surface area contributed by atoms with E-state index in [0.717, 1.165) is 10.9 Å². The number of aromatic amines is 1. The van der Waals surface area contributed by atoms with Crippen LogP contribution < -0.4 is 10.2 Å². The zero-order valence-corrected chi connectivity index (χ0v) is 15.8. The average molecular weight is 392 g/mol. The molecule has 0 aliphatic carbocycles. The van der Waals surface area contributed by atoms with Gasteiger partial charge in [0.2, 0.25) is 11.8 Å². The van der Waals surface area contributed by atoms with Gasteiger partial charge in [0.05, 0.1) is 23.6 Å². The topological polar surface area (TPSA) is 104 Å². The number of hydrogen-bond acceptors (Lipinski definition) is 5. The Bertz CT molecular complexity index is 1070. The number of anilines is 2. The molecule has 8 nitrogen and oxygen atoms in total. The number of amides is 2. The molecule has 0 saturated carbocycles. The molecule has 4 rings (SSSR count). The van der Waals surface area contributed by atoms with Crippen LogP contribution in [0.1, 0.15) is 23.7 Å². The van der Waals surface area contributed by atoms with Gasteiger partial charge in [-0.2, -0.15) is 5.10 Å². The zero-order chi connectivity index (χ0) is 20.4. The second-order valence-electron chi connectivity index (χ2n) is 6.79. The van der Waals surface area contributed by atoms with Crippen molar-refractivity contribution < 1.29 is 19.1 Å². The molecule has 1 aromatic heterocycles. The summed E-state index contributed by atoms with van der Waals surface area (Å²) in [6.45, 7) is 2.31. The first-order valence-electron chi connectivity index (χ1n) is 9.38. The van der Waals surface area contributed by atoms with Gasteiger partial charge in [0.15, 0.2) is 5.82 Å². The van der Waals surface area contributed by atoms with Crippen LogP contribution in [0.2, 0.25) is 0 Å². The summed E-state index contributed by atoms with van der Waals surface area (Å²) in [4.78, 5) is 38.4. The first-order chi connectivity index (χ1) is 14.1. The summed E-state index contributed by atoms with van der Waals surface area (Å²) in [5, 5.41) is 10.8. The van der Waals surface area contributed by atoms with Crippen molar-refractivity contribution in [2.24, 2.45) is 5.92 Å². The molecule has 2 aromatic carbocycles. The third-order valence-corrected chi connectivity index (χ3v) is 4.87. The van der Waals surface area contributed by atoms with E-state index in [2.05, 4.69) is 15.5 Å². The molecule has 148 valence electrons. The van der Waals surface area contributed by atoms with Gasteiger partial charge in [-0.25, -0.2) is 4.79 Å². The molecule has 3 aromatic rings. The predicted octanol–water partition coefficient (Wildman–Crippen LogP) is 2.73. The Morgan fingerprint density at radius 3 is 2.72 bits per heavy atom. The molecule has 0 radical (unpaired) electrons. The fraction of sp³-hybridized carbons (Fsp3) is 0.238. The molecule has 1 atom stereocenters. The van der Waals surface area contributed by atoms with Crippen LogP contribution in [-0.4, -0.2) is 41.1 Å². The number of nitrogens with zero attached hydrogens (tertiary/aromatic N) is 2. The minimum absolute atomic E-state index is 0.119. The second kappa shape index (κ2) is 7.75. The lowest BCUT2D eigenvalue weighted by atomic mass is 10.1. The van der Waals surface area contributed by atoms with Gasteiger partial charge in [-0.05, 0) is 43.3 Å². The number of carbonyl (C=O) groups excluding carboxylic acids is 3. The van der Waals surface area contributed by atoms with E-state index < -0.39 is 11.9 Å². The second-order valence-corrected chi connectivity index (χ2v) is 6.79. The van der Waals surface area contributed by atoms with E-state index in [-0.39, 0.29) is 24.8 Å². The highest BCUT2D eigenvalue weighted by Gasteiger charge is 2.36. The van der Waals surface area contributed by atoms with Crippen LogP contribution >= 0.6 is 0 Å². The maximum Gasteiger partial charge on any atom is 0.338 e. The SMILES string of the molecule is CCOC(=O)c1ccc(NC(=O)[C@@H]2CC(=O)N(c3n[nH]c4ccccc34)C2)cc1. The summed E-state index contributed by atoms with van der Waals surface area (Å²) in [6, 6.07) is 14.0. The molecule has 2 amide bonds. The van der Waals surface area contributed by atoms with E-state index in [1.807, 2.05) is 24.3 Å². The number of para-hydroxylation sites is 1. The van der Waals surface area contributed by atoms with Crippen molar-refractivity contribution >= 4 is 40.2 Å². The van der Waals surface area contributed by atoms with E-state index in [0.29, 0.717) is 23.7 Å². The van der Waals surface area contributed by atoms with E-state index >= 15 is 0 Å². The highest BCUT2D eigenvalue weighted by Crippen LogP contribution is 2.30. The third kappa shape index (κ3) is 3.69. The van der Waals surface area contributed by atoms with Gasteiger partial charge >= 0.3 is 5.97 Å². The summed E-state index contributed by atoms with van der Waals surface area (Å²) < 4.78 is 4.94. The van der Waals surface area contributed by atoms with Gasteiger partial charge in [-0.15, -0.1) is 0 Å². The fourth-order valence-electron chi connectivity index (χ4n) is 3.39. The Balaban J connectivity index is 1.44. The number of hydrogen-bond donors (Lipinski definition) is 2. The van der Waals surface area contributed by atoms with E-state index in [4.69, 9.17) is 4.74 Å². The Morgan fingerprint density at radius 1 is 1.21 bits per heavy atom. The molecule has 1 aliphatic rings. The zero-order valence-electron chi connectivity index (χ0n) is 15.8. The lowest BCUT2D eigenvalue weighted by molar-refractivity contribution is -0.122. The van der Waals surface area contributed by atoms with Crippen LogP contribution in [0.5, 0.6) is 0 Å². The van der Waals surface area contributed by atoms with Crippen LogP contribution in [0.25, 0.3) is 10.9 Å². The highest BCUT2D eigenvalue weighted by atomic mass is 16.5. The van der Waals surface area contributed by atoms with Crippen molar-refractivity contribution in [1.29, 1.82) is 0 Å². The van der Waals surface area contributed by atoms with Gasteiger partial charge in [-0.3, -0.25) is 19.6 Å². The molecule has 8 heteroatoms. The molecule has 1 aliphatic heterocycles. The lowest BCUT2D eigenvalue weighted by Crippen LogP contribution is -2.28. The molecule has 1 saturated heterocycles. The number of aromatic nitrogens is 2. The smallest absolute Gasteiger partial charge is 0.338 e. The van der Waals surface area contributed by atoms with Crippen LogP contribution in [-0.2, 0) is 14.3 Å². The number of esters is 1. The fourth-order valence-corrected chi connectivity index (χ4v) is 3.39. The summed E-state index contributed by atoms with van der Waals surface area (Å²) in [5.41, 5.74) is 1.81. The molecule has 2 heterocycles. The van der Waals surface area contributed by atoms with Gasteiger partial charge in [-0.1, -0.05) is 12.1 Å². The molecule has 29 heavy (non-hydrogen) atoms. The Morgan fingerprint density at radius 2 is 1.97 bits per heavy atom. The van der Waals surface area contributed by atoms with Gasteiger partial charge < -0.3 is 10.1 Å². The molecular formula is C21H20N4O4. The van der Waals surface area contributed by atoms with Crippen molar-refractivity contribution in [1.82, 2.24) is 10.2 Å². The number of ether oxygens (including phenoxy) is 1. The summed E-state index contributed by atoms with van der Waals surface area (Å²) in [6.07, 6.45) is 0.119. The Kier molecular flexibility index (Phi) is 4.99. The average Bonchev–Trinajstić information content (AvgIpc) is 3.32. The quantitative estimate of drug-likeness (QED) is 0.650. The monoisotopic (exact) mass is 392 g/mol. The highest BCUT2D eigenvalue weighted by molar-refractivity contribution is 6.07. The number of H-pyrrole nitrogens is 1. The third-order valence-electron chi connectivity index (χ3n) is 4.87. The summed E-state index contributed by atoms with van der Waals surface area (Å²) in [5.74, 6) is -0.735. The molecular weight excluding hydrogens is 372 g/mol. The molecule has 2 N–H and O–H groups in total. The van der Waals surface area contributed by atoms with Crippen LogP contribution in [0.4, 0.5) is 11.5 Å². The van der Waals surface area contributed by atoms with Crippen molar-refractivity contribution in [3.05, 3.63) is 54.1 Å². The van der Waals surface area contributed by atoms with E-state index in [9.17, 15) is 14.4 Å². The summed E-state index contributed by atoms with van der Waals surface area (Å²) >= 11 is 0. The first-order valence-corrected chi connectivity index (χ1v) is 9.38. The summed E-state index contributed by atoms with van der Waals surface area (Å²) in [7, 11) is 0. The minimum atomic E-state index is -0.484.